The summed E-state index contributed by atoms with van der Waals surface area (Å²) >= 11 is 0. The Hall–Kier alpha value is -2.88. The predicted octanol–water partition coefficient (Wildman–Crippen LogP) is 5.25. The van der Waals surface area contributed by atoms with Crippen molar-refractivity contribution in [3.63, 3.8) is 0 Å². The third kappa shape index (κ3) is 4.60. The van der Waals surface area contributed by atoms with Gasteiger partial charge in [-0.25, -0.2) is 9.97 Å². The average molecular weight is 346 g/mol. The Bertz CT molecular complexity index is 859. The summed E-state index contributed by atoms with van der Waals surface area (Å²) in [6, 6.07) is 21.1. The van der Waals surface area contributed by atoms with Gasteiger partial charge >= 0.3 is 0 Å². The van der Waals surface area contributed by atoms with Gasteiger partial charge in [-0.1, -0.05) is 42.5 Å². The number of nitrogens with one attached hydrogen (secondary N) is 1. The average Bonchev–Trinajstić information content (AvgIpc) is 2.60. The fourth-order valence-corrected chi connectivity index (χ4v) is 2.94. The molecule has 0 bridgehead atoms. The van der Waals surface area contributed by atoms with E-state index in [0.717, 1.165) is 29.7 Å². The molecule has 1 aromatic heterocycles. The third-order valence-corrected chi connectivity index (χ3v) is 4.23. The summed E-state index contributed by atoms with van der Waals surface area (Å²) in [4.78, 5) is 11.5. The molecule has 4 heteroatoms. The molecule has 0 atom stereocenters. The quantitative estimate of drug-likeness (QED) is 0.661. The van der Waals surface area contributed by atoms with E-state index in [1.54, 1.807) is 0 Å². The number of aromatic nitrogens is 2. The number of aryl methyl sites for hydroxylation is 2. The Morgan fingerprint density at radius 3 is 2.38 bits per heavy atom. The van der Waals surface area contributed by atoms with E-state index in [9.17, 15) is 0 Å². The fourth-order valence-electron chi connectivity index (χ4n) is 2.94. The van der Waals surface area contributed by atoms with Crippen LogP contribution in [0.25, 0.3) is 0 Å². The number of rotatable bonds is 6. The summed E-state index contributed by atoms with van der Waals surface area (Å²) in [7, 11) is 0. The van der Waals surface area contributed by atoms with Crippen molar-refractivity contribution in [1.82, 2.24) is 9.97 Å². The van der Waals surface area contributed by atoms with Crippen LogP contribution in [0.2, 0.25) is 0 Å². The van der Waals surface area contributed by atoms with Gasteiger partial charge in [-0.2, -0.15) is 0 Å². The van der Waals surface area contributed by atoms with Crippen molar-refractivity contribution < 1.29 is 0 Å². The molecule has 0 aliphatic carbocycles. The van der Waals surface area contributed by atoms with Crippen molar-refractivity contribution in [2.45, 2.75) is 40.3 Å². The molecule has 4 nitrogen and oxygen atoms in total. The molecule has 0 unspecified atom stereocenters. The lowest BCUT2D eigenvalue weighted by Gasteiger charge is -2.28. The molecule has 0 saturated heterocycles. The van der Waals surface area contributed by atoms with Crippen LogP contribution in [0.4, 0.5) is 17.3 Å². The highest BCUT2D eigenvalue weighted by Crippen LogP contribution is 2.23. The first-order valence-electron chi connectivity index (χ1n) is 9.01. The lowest BCUT2D eigenvalue weighted by Crippen LogP contribution is -2.31. The van der Waals surface area contributed by atoms with Crippen LogP contribution in [0.1, 0.15) is 30.8 Å². The van der Waals surface area contributed by atoms with Crippen molar-refractivity contribution in [1.29, 1.82) is 0 Å². The second-order valence-electron chi connectivity index (χ2n) is 6.86. The van der Waals surface area contributed by atoms with Crippen molar-refractivity contribution in [2.24, 2.45) is 0 Å². The normalized spacial score (nSPS) is 10.8. The molecule has 26 heavy (non-hydrogen) atoms. The van der Waals surface area contributed by atoms with Crippen LogP contribution >= 0.6 is 0 Å². The first-order valence-corrected chi connectivity index (χ1v) is 9.01. The number of hydrogen-bond donors (Lipinski definition) is 1. The highest BCUT2D eigenvalue weighted by molar-refractivity contribution is 5.60. The number of hydrogen-bond acceptors (Lipinski definition) is 4. The molecule has 0 aliphatic heterocycles. The maximum absolute atomic E-state index is 4.69. The molecule has 134 valence electrons. The van der Waals surface area contributed by atoms with Gasteiger partial charge in [-0.05, 0) is 51.0 Å². The van der Waals surface area contributed by atoms with E-state index >= 15 is 0 Å². The van der Waals surface area contributed by atoms with E-state index in [0.29, 0.717) is 6.04 Å². The minimum absolute atomic E-state index is 0.330. The van der Waals surface area contributed by atoms with Gasteiger partial charge < -0.3 is 10.2 Å². The molecule has 0 saturated carbocycles. The van der Waals surface area contributed by atoms with E-state index in [2.05, 4.69) is 77.4 Å². The summed E-state index contributed by atoms with van der Waals surface area (Å²) in [5.74, 6) is 2.51. The number of benzene rings is 2. The molecular weight excluding hydrogens is 320 g/mol. The standard InChI is InChI=1S/C22H26N4/c1-16(2)26(15-19-10-6-5-7-11-19)22-14-21(23-18(4)24-22)25-20-12-8-9-17(3)13-20/h5-14,16H,15H2,1-4H3,(H,23,24,25). The molecule has 0 fully saturated rings. The summed E-state index contributed by atoms with van der Waals surface area (Å²) in [5.41, 5.74) is 3.52. The summed E-state index contributed by atoms with van der Waals surface area (Å²) in [5, 5.41) is 3.41. The van der Waals surface area contributed by atoms with Crippen LogP contribution in [0.15, 0.2) is 60.7 Å². The Labute approximate surface area is 155 Å². The molecule has 3 rings (SSSR count). The summed E-state index contributed by atoms with van der Waals surface area (Å²) < 4.78 is 0. The summed E-state index contributed by atoms with van der Waals surface area (Å²) in [6.07, 6.45) is 0. The lowest BCUT2D eigenvalue weighted by atomic mass is 10.2. The van der Waals surface area contributed by atoms with Crippen molar-refractivity contribution in [3.05, 3.63) is 77.6 Å². The van der Waals surface area contributed by atoms with Gasteiger partial charge in [0.25, 0.3) is 0 Å². The highest BCUT2D eigenvalue weighted by Gasteiger charge is 2.15. The molecule has 0 aliphatic rings. The maximum atomic E-state index is 4.69. The topological polar surface area (TPSA) is 41.0 Å². The predicted molar refractivity (Wildman–Crippen MR) is 109 cm³/mol. The molecule has 2 aromatic carbocycles. The smallest absolute Gasteiger partial charge is 0.136 e. The third-order valence-electron chi connectivity index (χ3n) is 4.23. The van der Waals surface area contributed by atoms with Crippen LogP contribution < -0.4 is 10.2 Å². The van der Waals surface area contributed by atoms with E-state index in [4.69, 9.17) is 0 Å². The molecular formula is C22H26N4. The van der Waals surface area contributed by atoms with E-state index in [1.807, 2.05) is 31.2 Å². The van der Waals surface area contributed by atoms with Gasteiger partial charge in [0.1, 0.15) is 17.5 Å². The number of nitrogens with zero attached hydrogens (tertiary/aromatic N) is 3. The van der Waals surface area contributed by atoms with Gasteiger partial charge in [0.2, 0.25) is 0 Å². The largest absolute Gasteiger partial charge is 0.350 e. The molecule has 0 amide bonds. The first-order chi connectivity index (χ1) is 12.5. The first kappa shape index (κ1) is 17.9. The van der Waals surface area contributed by atoms with Gasteiger partial charge in [-0.15, -0.1) is 0 Å². The monoisotopic (exact) mass is 346 g/mol. The minimum atomic E-state index is 0.330. The SMILES string of the molecule is Cc1cccc(Nc2cc(N(Cc3ccccc3)C(C)C)nc(C)n2)c1. The molecule has 0 spiro atoms. The summed E-state index contributed by atoms with van der Waals surface area (Å²) in [6.45, 7) is 9.22. The van der Waals surface area contributed by atoms with Crippen LogP contribution in [0.3, 0.4) is 0 Å². The van der Waals surface area contributed by atoms with E-state index in [-0.39, 0.29) is 0 Å². The van der Waals surface area contributed by atoms with Gasteiger partial charge in [0.05, 0.1) is 0 Å². The number of anilines is 3. The highest BCUT2D eigenvalue weighted by atomic mass is 15.2. The van der Waals surface area contributed by atoms with E-state index < -0.39 is 0 Å². The Morgan fingerprint density at radius 2 is 1.69 bits per heavy atom. The second-order valence-corrected chi connectivity index (χ2v) is 6.86. The zero-order valence-corrected chi connectivity index (χ0v) is 15.9. The Kier molecular flexibility index (Phi) is 5.52. The van der Waals surface area contributed by atoms with Gasteiger partial charge in [-0.3, -0.25) is 0 Å². The zero-order valence-electron chi connectivity index (χ0n) is 15.9. The second kappa shape index (κ2) is 8.00. The van der Waals surface area contributed by atoms with Gasteiger partial charge in [0, 0.05) is 24.3 Å². The van der Waals surface area contributed by atoms with Crippen LogP contribution in [-0.2, 0) is 6.54 Å². The molecule has 1 heterocycles. The van der Waals surface area contributed by atoms with Crippen LogP contribution in [0.5, 0.6) is 0 Å². The lowest BCUT2D eigenvalue weighted by molar-refractivity contribution is 0.670. The van der Waals surface area contributed by atoms with Crippen LogP contribution in [-0.4, -0.2) is 16.0 Å². The minimum Gasteiger partial charge on any atom is -0.350 e. The zero-order chi connectivity index (χ0) is 18.5. The molecule has 1 N–H and O–H groups in total. The molecule has 3 aromatic rings. The van der Waals surface area contributed by atoms with E-state index in [1.165, 1.54) is 11.1 Å². The van der Waals surface area contributed by atoms with Gasteiger partial charge in [0.15, 0.2) is 0 Å². The Morgan fingerprint density at radius 1 is 0.923 bits per heavy atom. The van der Waals surface area contributed by atoms with Crippen LogP contribution in [0, 0.1) is 13.8 Å². The fraction of sp³-hybridized carbons (Fsp3) is 0.273. The molecule has 0 radical (unpaired) electrons. The van der Waals surface area contributed by atoms with Crippen molar-refractivity contribution in [3.8, 4) is 0 Å². The van der Waals surface area contributed by atoms with Crippen molar-refractivity contribution in [2.75, 3.05) is 10.2 Å². The maximum Gasteiger partial charge on any atom is 0.136 e. The van der Waals surface area contributed by atoms with Crippen molar-refractivity contribution >= 4 is 17.3 Å². The Balaban J connectivity index is 1.89.